The molecule has 4 heteroatoms. The maximum absolute atomic E-state index is 6.73. The minimum atomic E-state index is 0.597. The SMILES string of the molecule is c1ccc(-c2nc3c(N(c4ccccc4)c4ccc(-c5cccc6c5oc5ccccc56)cc4)cc4ccc5ccccc5c4c3o2)cc1. The fraction of sp³-hybridized carbons (Fsp3) is 0. The zero-order chi connectivity index (χ0) is 32.3. The Morgan fingerprint density at radius 3 is 1.96 bits per heavy atom. The molecule has 230 valence electrons. The minimum Gasteiger partial charge on any atom is -0.455 e. The van der Waals surface area contributed by atoms with E-state index in [4.69, 9.17) is 13.8 Å². The molecule has 0 N–H and O–H groups in total. The van der Waals surface area contributed by atoms with Gasteiger partial charge in [0.2, 0.25) is 5.89 Å². The number of fused-ring (bicyclic) bond motifs is 8. The van der Waals surface area contributed by atoms with Gasteiger partial charge in [0.15, 0.2) is 5.58 Å². The third-order valence-electron chi connectivity index (χ3n) is 9.47. The molecule has 0 bridgehead atoms. The molecule has 0 saturated heterocycles. The molecule has 0 atom stereocenters. The summed E-state index contributed by atoms with van der Waals surface area (Å²) in [6.45, 7) is 0. The van der Waals surface area contributed by atoms with Gasteiger partial charge in [0.25, 0.3) is 0 Å². The molecule has 2 aromatic heterocycles. The predicted octanol–water partition coefficient (Wildman–Crippen LogP) is 12.8. The van der Waals surface area contributed by atoms with Crippen LogP contribution in [0.5, 0.6) is 0 Å². The number of anilines is 3. The number of rotatable bonds is 5. The van der Waals surface area contributed by atoms with Crippen molar-refractivity contribution in [3.8, 4) is 22.6 Å². The predicted molar refractivity (Wildman–Crippen MR) is 202 cm³/mol. The summed E-state index contributed by atoms with van der Waals surface area (Å²) < 4.78 is 13.1. The van der Waals surface area contributed by atoms with Crippen molar-refractivity contribution in [3.63, 3.8) is 0 Å². The minimum absolute atomic E-state index is 0.597. The van der Waals surface area contributed by atoms with Gasteiger partial charge in [-0.15, -0.1) is 0 Å². The number of para-hydroxylation sites is 3. The van der Waals surface area contributed by atoms with E-state index in [0.29, 0.717) is 5.89 Å². The summed E-state index contributed by atoms with van der Waals surface area (Å²) in [4.78, 5) is 7.49. The molecule has 0 aliphatic rings. The molecule has 4 nitrogen and oxygen atoms in total. The quantitative estimate of drug-likeness (QED) is 0.178. The van der Waals surface area contributed by atoms with Gasteiger partial charge < -0.3 is 13.7 Å². The van der Waals surface area contributed by atoms with Crippen LogP contribution in [0.15, 0.2) is 179 Å². The summed E-state index contributed by atoms with van der Waals surface area (Å²) in [5.41, 5.74) is 9.45. The van der Waals surface area contributed by atoms with Gasteiger partial charge in [-0.3, -0.25) is 0 Å². The van der Waals surface area contributed by atoms with Crippen molar-refractivity contribution in [2.24, 2.45) is 0 Å². The highest BCUT2D eigenvalue weighted by molar-refractivity contribution is 6.21. The molecule has 0 radical (unpaired) electrons. The molecule has 2 heterocycles. The monoisotopic (exact) mass is 628 g/mol. The Hall–Kier alpha value is -6.65. The lowest BCUT2D eigenvalue weighted by Gasteiger charge is -2.26. The van der Waals surface area contributed by atoms with E-state index >= 15 is 0 Å². The first-order chi connectivity index (χ1) is 24.3. The average molecular weight is 629 g/mol. The second kappa shape index (κ2) is 11.0. The van der Waals surface area contributed by atoms with E-state index in [1.54, 1.807) is 0 Å². The summed E-state index contributed by atoms with van der Waals surface area (Å²) in [5, 5.41) is 6.70. The lowest BCUT2D eigenvalue weighted by molar-refractivity contribution is 0.623. The van der Waals surface area contributed by atoms with Gasteiger partial charge in [-0.2, -0.15) is 0 Å². The van der Waals surface area contributed by atoms with Crippen LogP contribution >= 0.6 is 0 Å². The first-order valence-electron chi connectivity index (χ1n) is 16.5. The van der Waals surface area contributed by atoms with Crippen LogP contribution in [0.1, 0.15) is 0 Å². The van der Waals surface area contributed by atoms with Crippen LogP contribution in [0.4, 0.5) is 17.1 Å². The van der Waals surface area contributed by atoms with E-state index in [-0.39, 0.29) is 0 Å². The van der Waals surface area contributed by atoms with Gasteiger partial charge in [0.05, 0.1) is 5.69 Å². The number of oxazole rings is 1. The van der Waals surface area contributed by atoms with Gasteiger partial charge in [0, 0.05) is 38.7 Å². The van der Waals surface area contributed by atoms with E-state index in [1.165, 1.54) is 0 Å². The second-order valence-corrected chi connectivity index (χ2v) is 12.3. The number of hydrogen-bond donors (Lipinski definition) is 0. The van der Waals surface area contributed by atoms with Crippen LogP contribution < -0.4 is 4.90 Å². The maximum Gasteiger partial charge on any atom is 0.227 e. The number of nitrogens with zero attached hydrogens (tertiary/aromatic N) is 2. The molecule has 8 aromatic carbocycles. The van der Waals surface area contributed by atoms with Gasteiger partial charge in [-0.1, -0.05) is 121 Å². The van der Waals surface area contributed by atoms with Crippen molar-refractivity contribution >= 4 is 71.6 Å². The van der Waals surface area contributed by atoms with Gasteiger partial charge in [-0.05, 0) is 70.3 Å². The summed E-state index contributed by atoms with van der Waals surface area (Å²) >= 11 is 0. The third-order valence-corrected chi connectivity index (χ3v) is 9.47. The van der Waals surface area contributed by atoms with Gasteiger partial charge >= 0.3 is 0 Å². The molecule has 0 spiro atoms. The molecule has 0 fully saturated rings. The van der Waals surface area contributed by atoms with Crippen LogP contribution in [0.2, 0.25) is 0 Å². The Labute approximate surface area is 282 Å². The lowest BCUT2D eigenvalue weighted by Crippen LogP contribution is -2.10. The van der Waals surface area contributed by atoms with Crippen LogP contribution in [0, 0.1) is 0 Å². The topological polar surface area (TPSA) is 42.4 Å². The Kier molecular flexibility index (Phi) is 6.15. The smallest absolute Gasteiger partial charge is 0.227 e. The molecule has 0 saturated carbocycles. The maximum atomic E-state index is 6.73. The summed E-state index contributed by atoms with van der Waals surface area (Å²) in [7, 11) is 0. The Morgan fingerprint density at radius 2 is 1.12 bits per heavy atom. The van der Waals surface area contributed by atoms with Crippen molar-refractivity contribution in [3.05, 3.63) is 170 Å². The molecule has 49 heavy (non-hydrogen) atoms. The molecule has 10 aromatic rings. The summed E-state index contributed by atoms with van der Waals surface area (Å²) in [6, 6.07) is 59.0. The Bertz CT molecular complexity index is 2820. The van der Waals surface area contributed by atoms with Crippen molar-refractivity contribution in [1.29, 1.82) is 0 Å². The molecular formula is C45H28N2O2. The third kappa shape index (κ3) is 4.42. The molecule has 10 rings (SSSR count). The van der Waals surface area contributed by atoms with Crippen molar-refractivity contribution in [1.82, 2.24) is 4.98 Å². The highest BCUT2D eigenvalue weighted by Gasteiger charge is 2.23. The number of benzene rings is 8. The normalized spacial score (nSPS) is 11.7. The molecule has 0 unspecified atom stereocenters. The summed E-state index contributed by atoms with van der Waals surface area (Å²) in [6.07, 6.45) is 0. The van der Waals surface area contributed by atoms with Crippen molar-refractivity contribution < 1.29 is 8.83 Å². The largest absolute Gasteiger partial charge is 0.455 e. The van der Waals surface area contributed by atoms with Crippen LogP contribution in [-0.2, 0) is 0 Å². The first-order valence-corrected chi connectivity index (χ1v) is 16.5. The second-order valence-electron chi connectivity index (χ2n) is 12.3. The van der Waals surface area contributed by atoms with Crippen LogP contribution in [0.25, 0.3) is 77.2 Å². The van der Waals surface area contributed by atoms with Crippen LogP contribution in [0.3, 0.4) is 0 Å². The molecular weight excluding hydrogens is 601 g/mol. The highest BCUT2D eigenvalue weighted by atomic mass is 16.3. The molecule has 0 aliphatic carbocycles. The molecule has 0 amide bonds. The van der Waals surface area contributed by atoms with E-state index in [1.807, 2.05) is 48.5 Å². The summed E-state index contributed by atoms with van der Waals surface area (Å²) in [5.74, 6) is 0.597. The van der Waals surface area contributed by atoms with E-state index in [2.05, 4.69) is 126 Å². The number of furan rings is 1. The first kappa shape index (κ1) is 27.5. The van der Waals surface area contributed by atoms with Gasteiger partial charge in [-0.25, -0.2) is 4.98 Å². The Balaban J connectivity index is 1.20. The zero-order valence-electron chi connectivity index (χ0n) is 26.4. The lowest BCUT2D eigenvalue weighted by atomic mass is 9.99. The zero-order valence-corrected chi connectivity index (χ0v) is 26.4. The Morgan fingerprint density at radius 1 is 0.449 bits per heavy atom. The van der Waals surface area contributed by atoms with Crippen molar-refractivity contribution in [2.45, 2.75) is 0 Å². The average Bonchev–Trinajstić information content (AvgIpc) is 3.79. The van der Waals surface area contributed by atoms with Crippen LogP contribution in [-0.4, -0.2) is 4.98 Å². The van der Waals surface area contributed by atoms with E-state index < -0.39 is 0 Å². The fourth-order valence-corrected chi connectivity index (χ4v) is 7.18. The van der Waals surface area contributed by atoms with Crippen molar-refractivity contribution in [2.75, 3.05) is 4.90 Å². The number of hydrogen-bond acceptors (Lipinski definition) is 4. The van der Waals surface area contributed by atoms with E-state index in [0.717, 1.165) is 88.3 Å². The highest BCUT2D eigenvalue weighted by Crippen LogP contribution is 2.45. The van der Waals surface area contributed by atoms with E-state index in [9.17, 15) is 0 Å². The fourth-order valence-electron chi connectivity index (χ4n) is 7.18. The molecule has 0 aliphatic heterocycles. The standard InChI is InChI=1S/C45H28N2O2/c1-3-13-31(14-4-1)45-46-42-39(28-32-23-22-29-12-7-8-17-35(29)41(32)44(42)49-45)47(33-15-5-2-6-16-33)34-26-24-30(25-27-34)36-19-11-20-38-37-18-9-10-21-40(37)48-43(36)38/h1-28H. The van der Waals surface area contributed by atoms with Gasteiger partial charge in [0.1, 0.15) is 16.7 Å². The number of aromatic nitrogens is 1.